The van der Waals surface area contributed by atoms with Crippen LogP contribution in [0.5, 0.6) is 0 Å². The monoisotopic (exact) mass is 150 g/mol. The van der Waals surface area contributed by atoms with Crippen molar-refractivity contribution in [3.63, 3.8) is 0 Å². The van der Waals surface area contributed by atoms with Crippen molar-refractivity contribution in [2.75, 3.05) is 12.8 Å². The van der Waals surface area contributed by atoms with Crippen molar-refractivity contribution in [2.24, 2.45) is 0 Å². The van der Waals surface area contributed by atoms with E-state index in [1.54, 1.807) is 0 Å². The van der Waals surface area contributed by atoms with Crippen LogP contribution in [0.2, 0.25) is 0 Å². The van der Waals surface area contributed by atoms with Gasteiger partial charge in [-0.25, -0.2) is 0 Å². The van der Waals surface area contributed by atoms with E-state index in [9.17, 15) is 0 Å². The first-order valence-corrected chi connectivity index (χ1v) is 6.21. The van der Waals surface area contributed by atoms with Gasteiger partial charge >= 0.3 is 0 Å². The topological polar surface area (TPSA) is 9.23 Å². The molecular weight excluding hydrogens is 138 g/mol. The van der Waals surface area contributed by atoms with E-state index >= 15 is 0 Å². The third-order valence-electron chi connectivity index (χ3n) is 1.19. The maximum Gasteiger partial charge on any atom is 0.0509 e. The standard InChI is InChI=1S/C5H12OP2/c1-2-4-6-8-7-5-3-1/h7-8H,1-5H2. The first kappa shape index (κ1) is 6.93. The quantitative estimate of drug-likeness (QED) is 0.481. The number of rotatable bonds is 0. The molecule has 0 radical (unpaired) electrons. The number of hydrogen-bond donors (Lipinski definition) is 0. The fourth-order valence-electron chi connectivity index (χ4n) is 0.717. The number of hydrogen-bond acceptors (Lipinski definition) is 1. The molecule has 0 aliphatic carbocycles. The van der Waals surface area contributed by atoms with E-state index in [-0.39, 0.29) is 0 Å². The molecule has 1 saturated heterocycles. The molecule has 0 aromatic heterocycles. The Kier molecular flexibility index (Phi) is 4.05. The van der Waals surface area contributed by atoms with Crippen LogP contribution < -0.4 is 0 Å². The Balaban J connectivity index is 2.00. The molecule has 8 heavy (non-hydrogen) atoms. The molecular formula is C5H12OP2. The molecule has 1 fully saturated rings. The summed E-state index contributed by atoms with van der Waals surface area (Å²) in [6, 6.07) is 0. The van der Waals surface area contributed by atoms with E-state index in [0.29, 0.717) is 0 Å². The van der Waals surface area contributed by atoms with Crippen molar-refractivity contribution in [3.8, 4) is 0 Å². The minimum absolute atomic E-state index is 0.818. The van der Waals surface area contributed by atoms with Gasteiger partial charge in [-0.2, -0.15) is 0 Å². The van der Waals surface area contributed by atoms with E-state index in [2.05, 4.69) is 0 Å². The fourth-order valence-corrected chi connectivity index (χ4v) is 3.04. The van der Waals surface area contributed by atoms with Crippen LogP contribution in [0.3, 0.4) is 0 Å². The van der Waals surface area contributed by atoms with Gasteiger partial charge < -0.3 is 4.52 Å². The summed E-state index contributed by atoms with van der Waals surface area (Å²) in [5, 5.41) is 0. The van der Waals surface area contributed by atoms with Gasteiger partial charge in [0.05, 0.1) is 6.61 Å². The zero-order valence-corrected chi connectivity index (χ0v) is 6.94. The first-order chi connectivity index (χ1) is 4.00. The Labute approximate surface area is 54.1 Å². The summed E-state index contributed by atoms with van der Waals surface area (Å²) in [5.41, 5.74) is 0. The van der Waals surface area contributed by atoms with Gasteiger partial charge in [0, 0.05) is 8.50 Å². The second-order valence-corrected chi connectivity index (χ2v) is 4.96. The molecule has 1 aliphatic rings. The summed E-state index contributed by atoms with van der Waals surface area (Å²) in [7, 11) is 1.91. The summed E-state index contributed by atoms with van der Waals surface area (Å²) in [6.07, 6.45) is 5.53. The molecule has 0 amide bonds. The Morgan fingerprint density at radius 3 is 3.12 bits per heavy atom. The highest BCUT2D eigenvalue weighted by molar-refractivity contribution is 8.09. The molecule has 1 nitrogen and oxygen atoms in total. The average molecular weight is 150 g/mol. The summed E-state index contributed by atoms with van der Waals surface area (Å²) in [5.74, 6) is 0. The van der Waals surface area contributed by atoms with Gasteiger partial charge in [-0.1, -0.05) is 14.7 Å². The first-order valence-electron chi connectivity index (χ1n) is 3.10. The normalized spacial score (nSPS) is 30.0. The lowest BCUT2D eigenvalue weighted by Gasteiger charge is -2.07. The Bertz CT molecular complexity index is 34.4. The van der Waals surface area contributed by atoms with E-state index in [0.717, 1.165) is 23.4 Å². The summed E-state index contributed by atoms with van der Waals surface area (Å²) in [6.45, 7) is 1.02. The molecule has 0 bridgehead atoms. The van der Waals surface area contributed by atoms with Crippen LogP contribution in [-0.2, 0) is 4.52 Å². The molecule has 1 rings (SSSR count). The van der Waals surface area contributed by atoms with Gasteiger partial charge in [0.25, 0.3) is 0 Å². The largest absolute Gasteiger partial charge is 0.358 e. The maximum absolute atomic E-state index is 5.31. The molecule has 0 saturated carbocycles. The van der Waals surface area contributed by atoms with Gasteiger partial charge in [0.1, 0.15) is 0 Å². The third-order valence-corrected chi connectivity index (χ3v) is 3.90. The van der Waals surface area contributed by atoms with Gasteiger partial charge in [-0.15, -0.1) is 0 Å². The molecule has 48 valence electrons. The van der Waals surface area contributed by atoms with Crippen LogP contribution in [0, 0.1) is 0 Å². The zero-order valence-electron chi connectivity index (χ0n) is 4.94. The summed E-state index contributed by atoms with van der Waals surface area (Å²) >= 11 is 0. The minimum atomic E-state index is 0.818. The van der Waals surface area contributed by atoms with Gasteiger partial charge in [-0.05, 0) is 19.0 Å². The van der Waals surface area contributed by atoms with Crippen LogP contribution in [0.4, 0.5) is 0 Å². The molecule has 1 aliphatic heterocycles. The van der Waals surface area contributed by atoms with E-state index < -0.39 is 0 Å². The lowest BCUT2D eigenvalue weighted by Crippen LogP contribution is -1.88. The van der Waals surface area contributed by atoms with Crippen molar-refractivity contribution >= 4 is 16.8 Å². The Hall–Kier alpha value is 0.820. The highest BCUT2D eigenvalue weighted by atomic mass is 32.0. The highest BCUT2D eigenvalue weighted by Gasteiger charge is 1.95. The van der Waals surface area contributed by atoms with Crippen LogP contribution in [-0.4, -0.2) is 12.8 Å². The van der Waals surface area contributed by atoms with Crippen LogP contribution >= 0.6 is 16.8 Å². The second-order valence-electron chi connectivity index (χ2n) is 1.94. The molecule has 0 aromatic carbocycles. The zero-order chi connectivity index (χ0) is 5.66. The van der Waals surface area contributed by atoms with Crippen molar-refractivity contribution in [1.82, 2.24) is 0 Å². The van der Waals surface area contributed by atoms with Crippen molar-refractivity contribution in [1.29, 1.82) is 0 Å². The van der Waals surface area contributed by atoms with Crippen molar-refractivity contribution < 1.29 is 4.52 Å². The molecule has 2 unspecified atom stereocenters. The highest BCUT2D eigenvalue weighted by Crippen LogP contribution is 2.39. The van der Waals surface area contributed by atoms with Crippen LogP contribution in [0.15, 0.2) is 0 Å². The Morgan fingerprint density at radius 1 is 1.12 bits per heavy atom. The minimum Gasteiger partial charge on any atom is -0.358 e. The molecule has 0 aromatic rings. The van der Waals surface area contributed by atoms with Gasteiger partial charge in [0.15, 0.2) is 0 Å². The SMILES string of the molecule is C1CCOPPCC1. The van der Waals surface area contributed by atoms with E-state index in [1.165, 1.54) is 25.4 Å². The van der Waals surface area contributed by atoms with Crippen LogP contribution in [0.1, 0.15) is 19.3 Å². The molecule has 3 heteroatoms. The Morgan fingerprint density at radius 2 is 2.12 bits per heavy atom. The van der Waals surface area contributed by atoms with E-state index in [4.69, 9.17) is 4.52 Å². The maximum atomic E-state index is 5.31. The second kappa shape index (κ2) is 4.68. The van der Waals surface area contributed by atoms with Crippen molar-refractivity contribution in [3.05, 3.63) is 0 Å². The molecule has 0 N–H and O–H groups in total. The fraction of sp³-hybridized carbons (Fsp3) is 1.00. The smallest absolute Gasteiger partial charge is 0.0509 e. The molecule has 1 heterocycles. The van der Waals surface area contributed by atoms with Gasteiger partial charge in [0.2, 0.25) is 0 Å². The summed E-state index contributed by atoms with van der Waals surface area (Å²) < 4.78 is 5.31. The van der Waals surface area contributed by atoms with E-state index in [1.807, 2.05) is 0 Å². The molecule has 2 atom stereocenters. The van der Waals surface area contributed by atoms with Crippen LogP contribution in [0.25, 0.3) is 0 Å². The summed E-state index contributed by atoms with van der Waals surface area (Å²) in [4.78, 5) is 0. The van der Waals surface area contributed by atoms with Crippen molar-refractivity contribution in [2.45, 2.75) is 19.3 Å². The predicted octanol–water partition coefficient (Wildman–Crippen LogP) is 2.37. The average Bonchev–Trinajstić information content (AvgIpc) is 1.62. The molecule has 0 spiro atoms. The predicted molar refractivity (Wildman–Crippen MR) is 41.3 cm³/mol. The lowest BCUT2D eigenvalue weighted by atomic mass is 10.3. The van der Waals surface area contributed by atoms with Gasteiger partial charge in [-0.3, -0.25) is 0 Å². The third kappa shape index (κ3) is 2.97. The lowest BCUT2D eigenvalue weighted by molar-refractivity contribution is 0.352.